The molecule has 0 atom stereocenters. The van der Waals surface area contributed by atoms with Gasteiger partial charge in [-0.3, -0.25) is 10.2 Å². The molecule has 0 saturated heterocycles. The first kappa shape index (κ1) is 20.1. The van der Waals surface area contributed by atoms with Crippen molar-refractivity contribution in [1.82, 2.24) is 19.5 Å². The van der Waals surface area contributed by atoms with Gasteiger partial charge in [0.05, 0.1) is 12.5 Å². The van der Waals surface area contributed by atoms with Crippen LogP contribution in [0.2, 0.25) is 5.28 Å². The monoisotopic (exact) mass is 445 g/mol. The van der Waals surface area contributed by atoms with Crippen molar-refractivity contribution in [3.63, 3.8) is 0 Å². The van der Waals surface area contributed by atoms with Crippen LogP contribution in [-0.2, 0) is 17.8 Å². The van der Waals surface area contributed by atoms with Crippen molar-refractivity contribution in [3.05, 3.63) is 76.8 Å². The number of hydrazone groups is 1. The minimum atomic E-state index is -0.0315. The maximum absolute atomic E-state index is 13.0. The van der Waals surface area contributed by atoms with Crippen LogP contribution in [0.25, 0.3) is 11.2 Å². The standard InChI is InChI=1S/C23H20ClN7O/c1-15-5-4-6-16(11-15)12-26-29-21-20-22(28-23(24)27-21)30(14-25-20)13-19(32)31-10-9-17-7-2-3-8-18(17)31/h2-8,11-12,14H,9-10,13H2,1H3,(H,27,28,29)/b26-12+. The molecule has 4 aromatic rings. The van der Waals surface area contributed by atoms with Gasteiger partial charge in [0, 0.05) is 12.2 Å². The molecule has 160 valence electrons. The van der Waals surface area contributed by atoms with Gasteiger partial charge in [0.25, 0.3) is 0 Å². The maximum atomic E-state index is 13.0. The lowest BCUT2D eigenvalue weighted by molar-refractivity contribution is -0.119. The lowest BCUT2D eigenvalue weighted by atomic mass is 10.2. The molecule has 5 rings (SSSR count). The lowest BCUT2D eigenvalue weighted by Gasteiger charge is -2.17. The SMILES string of the molecule is Cc1cccc(/C=N/Nc2nc(Cl)nc3c2ncn3CC(=O)N2CCc3ccccc32)c1. The van der Waals surface area contributed by atoms with Crippen LogP contribution >= 0.6 is 11.6 Å². The second-order valence-electron chi connectivity index (χ2n) is 7.59. The first-order valence-electron chi connectivity index (χ1n) is 10.2. The van der Waals surface area contributed by atoms with Crippen LogP contribution in [0.5, 0.6) is 0 Å². The van der Waals surface area contributed by atoms with Gasteiger partial charge in [-0.15, -0.1) is 0 Å². The molecule has 3 heterocycles. The predicted molar refractivity (Wildman–Crippen MR) is 125 cm³/mol. The summed E-state index contributed by atoms with van der Waals surface area (Å²) in [7, 11) is 0. The minimum absolute atomic E-state index is 0.0315. The number of para-hydroxylation sites is 1. The Morgan fingerprint density at radius 3 is 2.97 bits per heavy atom. The fraction of sp³-hybridized carbons (Fsp3) is 0.174. The van der Waals surface area contributed by atoms with Crippen LogP contribution in [0.3, 0.4) is 0 Å². The van der Waals surface area contributed by atoms with Crippen LogP contribution in [0.1, 0.15) is 16.7 Å². The molecule has 1 N–H and O–H groups in total. The number of imidazole rings is 1. The van der Waals surface area contributed by atoms with Crippen molar-refractivity contribution in [1.29, 1.82) is 0 Å². The number of benzene rings is 2. The summed E-state index contributed by atoms with van der Waals surface area (Å²) >= 11 is 6.15. The molecule has 0 radical (unpaired) electrons. The Balaban J connectivity index is 1.38. The lowest BCUT2D eigenvalue weighted by Crippen LogP contribution is -2.32. The number of aromatic nitrogens is 4. The Morgan fingerprint density at radius 1 is 1.22 bits per heavy atom. The summed E-state index contributed by atoms with van der Waals surface area (Å²) in [6.45, 7) is 2.79. The second-order valence-corrected chi connectivity index (χ2v) is 7.93. The molecule has 0 unspecified atom stereocenters. The van der Waals surface area contributed by atoms with E-state index in [9.17, 15) is 4.79 Å². The Kier molecular flexibility index (Phi) is 5.28. The van der Waals surface area contributed by atoms with Gasteiger partial charge < -0.3 is 9.47 Å². The highest BCUT2D eigenvalue weighted by atomic mass is 35.5. The van der Waals surface area contributed by atoms with E-state index in [1.54, 1.807) is 22.0 Å². The van der Waals surface area contributed by atoms with Gasteiger partial charge >= 0.3 is 0 Å². The quantitative estimate of drug-likeness (QED) is 0.286. The molecule has 1 amide bonds. The molecular weight excluding hydrogens is 426 g/mol. The summed E-state index contributed by atoms with van der Waals surface area (Å²) in [5.41, 5.74) is 8.10. The normalized spacial score (nSPS) is 13.1. The summed E-state index contributed by atoms with van der Waals surface area (Å²) < 4.78 is 1.68. The summed E-state index contributed by atoms with van der Waals surface area (Å²) in [4.78, 5) is 27.7. The number of nitrogens with one attached hydrogen (secondary N) is 1. The van der Waals surface area contributed by atoms with Crippen LogP contribution in [-0.4, -0.2) is 38.2 Å². The molecule has 1 aliphatic heterocycles. The zero-order valence-corrected chi connectivity index (χ0v) is 18.1. The number of nitrogens with zero attached hydrogens (tertiary/aromatic N) is 6. The van der Waals surface area contributed by atoms with E-state index in [2.05, 4.69) is 31.5 Å². The average Bonchev–Trinajstić information content (AvgIpc) is 3.38. The molecule has 8 nitrogen and oxygen atoms in total. The Morgan fingerprint density at radius 2 is 2.09 bits per heavy atom. The fourth-order valence-corrected chi connectivity index (χ4v) is 4.02. The summed E-state index contributed by atoms with van der Waals surface area (Å²) in [5, 5.41) is 4.30. The highest BCUT2D eigenvalue weighted by molar-refractivity contribution is 6.28. The van der Waals surface area contributed by atoms with E-state index in [1.165, 1.54) is 5.56 Å². The van der Waals surface area contributed by atoms with Gasteiger partial charge in [-0.25, -0.2) is 4.98 Å². The fourth-order valence-electron chi connectivity index (χ4n) is 3.86. The van der Waals surface area contributed by atoms with E-state index in [0.29, 0.717) is 23.5 Å². The molecule has 0 aliphatic carbocycles. The number of amides is 1. The number of rotatable bonds is 5. The van der Waals surface area contributed by atoms with Gasteiger partial charge in [0.15, 0.2) is 17.0 Å². The van der Waals surface area contributed by atoms with Gasteiger partial charge in [0.1, 0.15) is 6.54 Å². The molecular formula is C23H20ClN7O. The number of carbonyl (C=O) groups excluding carboxylic acids is 1. The number of anilines is 2. The Labute approximate surface area is 189 Å². The van der Waals surface area contributed by atoms with Gasteiger partial charge in [-0.05, 0) is 42.1 Å². The van der Waals surface area contributed by atoms with Crippen molar-refractivity contribution >= 4 is 46.4 Å². The van der Waals surface area contributed by atoms with Crippen molar-refractivity contribution in [2.75, 3.05) is 16.9 Å². The molecule has 1 aliphatic rings. The van der Waals surface area contributed by atoms with Crippen LogP contribution in [0.15, 0.2) is 60.0 Å². The van der Waals surface area contributed by atoms with Crippen LogP contribution in [0.4, 0.5) is 11.5 Å². The molecule has 2 aromatic heterocycles. The van der Waals surface area contributed by atoms with E-state index in [1.807, 2.05) is 49.4 Å². The number of carbonyl (C=O) groups is 1. The third kappa shape index (κ3) is 3.92. The predicted octanol–water partition coefficient (Wildman–Crippen LogP) is 3.82. The summed E-state index contributed by atoms with van der Waals surface area (Å²) in [5.74, 6) is 0.345. The highest BCUT2D eigenvalue weighted by Crippen LogP contribution is 2.28. The molecule has 0 fully saturated rings. The topological polar surface area (TPSA) is 88.3 Å². The van der Waals surface area contributed by atoms with Crippen molar-refractivity contribution in [2.45, 2.75) is 19.9 Å². The van der Waals surface area contributed by atoms with E-state index in [0.717, 1.165) is 23.2 Å². The maximum Gasteiger partial charge on any atom is 0.247 e. The number of hydrogen-bond acceptors (Lipinski definition) is 6. The molecule has 9 heteroatoms. The number of fused-ring (bicyclic) bond motifs is 2. The van der Waals surface area contributed by atoms with Gasteiger partial charge in [0.2, 0.25) is 11.2 Å². The number of hydrogen-bond donors (Lipinski definition) is 1. The van der Waals surface area contributed by atoms with Crippen molar-refractivity contribution in [2.24, 2.45) is 5.10 Å². The third-order valence-electron chi connectivity index (χ3n) is 5.36. The Bertz CT molecular complexity index is 1350. The first-order chi connectivity index (χ1) is 15.6. The van der Waals surface area contributed by atoms with E-state index in [4.69, 9.17) is 11.6 Å². The van der Waals surface area contributed by atoms with E-state index in [-0.39, 0.29) is 17.7 Å². The van der Waals surface area contributed by atoms with E-state index >= 15 is 0 Å². The van der Waals surface area contributed by atoms with Crippen LogP contribution in [0, 0.1) is 6.92 Å². The minimum Gasteiger partial charge on any atom is -0.310 e. The Hall–Kier alpha value is -3.78. The highest BCUT2D eigenvalue weighted by Gasteiger charge is 2.25. The molecule has 0 saturated carbocycles. The van der Waals surface area contributed by atoms with Crippen molar-refractivity contribution < 1.29 is 4.79 Å². The zero-order chi connectivity index (χ0) is 22.1. The van der Waals surface area contributed by atoms with Crippen molar-refractivity contribution in [3.8, 4) is 0 Å². The number of aryl methyl sites for hydroxylation is 1. The first-order valence-corrected chi connectivity index (χ1v) is 10.6. The van der Waals surface area contributed by atoms with E-state index < -0.39 is 0 Å². The second kappa shape index (κ2) is 8.39. The number of halogens is 1. The molecule has 0 bridgehead atoms. The largest absolute Gasteiger partial charge is 0.310 e. The smallest absolute Gasteiger partial charge is 0.247 e. The summed E-state index contributed by atoms with van der Waals surface area (Å²) in [6.07, 6.45) is 4.12. The molecule has 2 aromatic carbocycles. The van der Waals surface area contributed by atoms with Gasteiger partial charge in [-0.1, -0.05) is 48.0 Å². The molecule has 32 heavy (non-hydrogen) atoms. The van der Waals surface area contributed by atoms with Crippen LogP contribution < -0.4 is 10.3 Å². The summed E-state index contributed by atoms with van der Waals surface area (Å²) in [6, 6.07) is 15.9. The molecule has 0 spiro atoms. The van der Waals surface area contributed by atoms with Gasteiger partial charge in [-0.2, -0.15) is 15.1 Å². The third-order valence-corrected chi connectivity index (χ3v) is 5.53. The zero-order valence-electron chi connectivity index (χ0n) is 17.4. The average molecular weight is 446 g/mol.